The van der Waals surface area contributed by atoms with Crippen LogP contribution in [0.2, 0.25) is 0 Å². The van der Waals surface area contributed by atoms with Gasteiger partial charge in [-0.2, -0.15) is 0 Å². The lowest BCUT2D eigenvalue weighted by atomic mass is 9.79. The molecule has 0 aliphatic heterocycles. The number of carboxylic acid groups (broad SMARTS) is 1. The minimum Gasteiger partial charge on any atom is -0.481 e. The molecule has 0 heterocycles. The Morgan fingerprint density at radius 3 is 1.62 bits per heavy atom. The molecule has 1 aliphatic rings. The Bertz CT molecular complexity index is 488. The van der Waals surface area contributed by atoms with Gasteiger partial charge in [-0.15, -0.1) is 0 Å². The van der Waals surface area contributed by atoms with Gasteiger partial charge in [0.05, 0.1) is 11.8 Å². The van der Waals surface area contributed by atoms with E-state index in [9.17, 15) is 14.7 Å². The molecule has 1 rings (SSSR count). The van der Waals surface area contributed by atoms with E-state index in [2.05, 4.69) is 20.8 Å². The zero-order valence-electron chi connectivity index (χ0n) is 21.4. The van der Waals surface area contributed by atoms with Gasteiger partial charge in [0.1, 0.15) is 6.10 Å². The minimum atomic E-state index is -0.847. The molecule has 1 fully saturated rings. The summed E-state index contributed by atoms with van der Waals surface area (Å²) in [5.74, 6) is -1.88. The highest BCUT2D eigenvalue weighted by Crippen LogP contribution is 2.32. The fourth-order valence-corrected chi connectivity index (χ4v) is 5.01. The number of esters is 1. The van der Waals surface area contributed by atoms with Gasteiger partial charge in [-0.1, -0.05) is 117 Å². The molecule has 4 nitrogen and oxygen atoms in total. The largest absolute Gasteiger partial charge is 0.481 e. The van der Waals surface area contributed by atoms with Crippen LogP contribution in [0, 0.1) is 17.8 Å². The molecule has 1 saturated carbocycles. The Morgan fingerprint density at radius 1 is 0.750 bits per heavy atom. The van der Waals surface area contributed by atoms with Crippen LogP contribution in [0.3, 0.4) is 0 Å². The van der Waals surface area contributed by atoms with Gasteiger partial charge in [0.2, 0.25) is 0 Å². The smallest absolute Gasteiger partial charge is 0.310 e. The summed E-state index contributed by atoms with van der Waals surface area (Å²) in [5.41, 5.74) is 0. The van der Waals surface area contributed by atoms with Gasteiger partial charge in [0.15, 0.2) is 0 Å². The second-order valence-electron chi connectivity index (χ2n) is 10.4. The lowest BCUT2D eigenvalue weighted by Gasteiger charge is -2.30. The highest BCUT2D eigenvalue weighted by molar-refractivity contribution is 5.81. The number of unbranched alkanes of at least 4 members (excludes halogenated alkanes) is 13. The van der Waals surface area contributed by atoms with Crippen LogP contribution in [0.15, 0.2) is 0 Å². The third-order valence-corrected chi connectivity index (χ3v) is 7.24. The third kappa shape index (κ3) is 12.8. The van der Waals surface area contributed by atoms with Crippen LogP contribution in [0.1, 0.15) is 143 Å². The lowest BCUT2D eigenvalue weighted by molar-refractivity contribution is -0.165. The van der Waals surface area contributed by atoms with E-state index in [0.717, 1.165) is 25.7 Å². The van der Waals surface area contributed by atoms with E-state index in [-0.39, 0.29) is 18.0 Å². The summed E-state index contributed by atoms with van der Waals surface area (Å²) in [6, 6.07) is 0. The number of aliphatic carboxylic acids is 1. The van der Waals surface area contributed by atoms with Crippen molar-refractivity contribution in [1.29, 1.82) is 0 Å². The van der Waals surface area contributed by atoms with E-state index < -0.39 is 17.8 Å². The van der Waals surface area contributed by atoms with Crippen LogP contribution in [0.4, 0.5) is 0 Å². The number of ether oxygens (including phenoxy) is 1. The molecule has 0 radical (unpaired) electrons. The van der Waals surface area contributed by atoms with Crippen molar-refractivity contribution in [3.05, 3.63) is 0 Å². The molecule has 3 unspecified atom stereocenters. The van der Waals surface area contributed by atoms with Gasteiger partial charge in [-0.05, 0) is 31.6 Å². The van der Waals surface area contributed by atoms with E-state index in [4.69, 9.17) is 4.74 Å². The molecule has 0 aromatic carbocycles. The van der Waals surface area contributed by atoms with Gasteiger partial charge < -0.3 is 9.84 Å². The molecular weight excluding hydrogens is 400 g/mol. The highest BCUT2D eigenvalue weighted by Gasteiger charge is 2.37. The van der Waals surface area contributed by atoms with E-state index in [1.165, 1.54) is 83.5 Å². The second-order valence-corrected chi connectivity index (χ2v) is 10.4. The topological polar surface area (TPSA) is 63.6 Å². The van der Waals surface area contributed by atoms with E-state index in [1.807, 2.05) is 0 Å². The summed E-state index contributed by atoms with van der Waals surface area (Å²) < 4.78 is 5.84. The average Bonchev–Trinajstić information content (AvgIpc) is 2.78. The number of carboxylic acids is 1. The predicted octanol–water partition coefficient (Wildman–Crippen LogP) is 8.32. The van der Waals surface area contributed by atoms with Crippen molar-refractivity contribution in [3.63, 3.8) is 0 Å². The standard InChI is InChI=1S/C28H52O4/c1-4-5-6-7-8-9-10-11-12-13-14-15-16-17-22-26(23(2)3)32-28(31)25-21-19-18-20-24(25)27(29)30/h23-26H,4-22H2,1-3H3,(H,29,30). The Morgan fingerprint density at radius 2 is 1.19 bits per heavy atom. The normalized spacial score (nSPS) is 19.8. The van der Waals surface area contributed by atoms with Crippen LogP contribution in [0.5, 0.6) is 0 Å². The molecule has 188 valence electrons. The molecule has 0 amide bonds. The zero-order chi connectivity index (χ0) is 23.6. The van der Waals surface area contributed by atoms with Gasteiger partial charge >= 0.3 is 11.9 Å². The third-order valence-electron chi connectivity index (χ3n) is 7.24. The fraction of sp³-hybridized carbons (Fsp3) is 0.929. The highest BCUT2D eigenvalue weighted by atomic mass is 16.5. The number of hydrogen-bond acceptors (Lipinski definition) is 3. The molecule has 0 aromatic rings. The van der Waals surface area contributed by atoms with E-state index >= 15 is 0 Å². The molecule has 1 N–H and O–H groups in total. The number of hydrogen-bond donors (Lipinski definition) is 1. The Kier molecular flexibility index (Phi) is 16.6. The van der Waals surface area contributed by atoms with Crippen molar-refractivity contribution in [1.82, 2.24) is 0 Å². The second kappa shape index (κ2) is 18.4. The maximum atomic E-state index is 12.7. The van der Waals surface area contributed by atoms with E-state index in [0.29, 0.717) is 12.8 Å². The molecule has 32 heavy (non-hydrogen) atoms. The quantitative estimate of drug-likeness (QED) is 0.158. The Balaban J connectivity index is 2.10. The van der Waals surface area contributed by atoms with Crippen LogP contribution in [0.25, 0.3) is 0 Å². The summed E-state index contributed by atoms with van der Waals surface area (Å²) in [6.45, 7) is 6.46. The lowest BCUT2D eigenvalue weighted by Crippen LogP contribution is -2.36. The molecule has 0 saturated heterocycles. The predicted molar refractivity (Wildman–Crippen MR) is 133 cm³/mol. The maximum absolute atomic E-state index is 12.7. The monoisotopic (exact) mass is 452 g/mol. The van der Waals surface area contributed by atoms with Gasteiger partial charge in [0.25, 0.3) is 0 Å². The SMILES string of the molecule is CCCCCCCCCCCCCCCCC(OC(=O)C1CCCCC1C(=O)O)C(C)C. The first kappa shape index (κ1) is 29.0. The van der Waals surface area contributed by atoms with Crippen molar-refractivity contribution in [2.75, 3.05) is 0 Å². The number of carbonyl (C=O) groups excluding carboxylic acids is 1. The molecule has 0 bridgehead atoms. The van der Waals surface area contributed by atoms with Crippen molar-refractivity contribution in [3.8, 4) is 0 Å². The zero-order valence-corrected chi connectivity index (χ0v) is 21.4. The van der Waals surface area contributed by atoms with Crippen molar-refractivity contribution in [2.24, 2.45) is 17.8 Å². The molecular formula is C28H52O4. The molecule has 0 aromatic heterocycles. The summed E-state index contributed by atoms with van der Waals surface area (Å²) in [7, 11) is 0. The molecule has 4 heteroatoms. The fourth-order valence-electron chi connectivity index (χ4n) is 5.01. The van der Waals surface area contributed by atoms with E-state index in [1.54, 1.807) is 0 Å². The van der Waals surface area contributed by atoms with Crippen molar-refractivity contribution < 1.29 is 19.4 Å². The Labute approximate surface area is 198 Å². The van der Waals surface area contributed by atoms with Crippen molar-refractivity contribution >= 4 is 11.9 Å². The van der Waals surface area contributed by atoms with Gasteiger partial charge in [0, 0.05) is 0 Å². The van der Waals surface area contributed by atoms with Crippen LogP contribution >= 0.6 is 0 Å². The maximum Gasteiger partial charge on any atom is 0.310 e. The van der Waals surface area contributed by atoms with Gasteiger partial charge in [-0.25, -0.2) is 0 Å². The first-order chi connectivity index (χ1) is 15.5. The summed E-state index contributed by atoms with van der Waals surface area (Å²) in [6.07, 6.45) is 22.6. The van der Waals surface area contributed by atoms with Crippen molar-refractivity contribution in [2.45, 2.75) is 149 Å². The number of carbonyl (C=O) groups is 2. The first-order valence-corrected chi connectivity index (χ1v) is 13.9. The number of rotatable bonds is 19. The summed E-state index contributed by atoms with van der Waals surface area (Å²) >= 11 is 0. The minimum absolute atomic E-state index is 0.0869. The first-order valence-electron chi connectivity index (χ1n) is 13.9. The summed E-state index contributed by atoms with van der Waals surface area (Å²) in [5, 5.41) is 9.44. The molecule has 3 atom stereocenters. The Hall–Kier alpha value is -1.06. The van der Waals surface area contributed by atoms with Crippen LogP contribution in [-0.2, 0) is 14.3 Å². The molecule has 0 spiro atoms. The molecule has 1 aliphatic carbocycles. The van der Waals surface area contributed by atoms with Gasteiger partial charge in [-0.3, -0.25) is 9.59 Å². The van der Waals surface area contributed by atoms with Crippen LogP contribution in [-0.4, -0.2) is 23.1 Å². The summed E-state index contributed by atoms with van der Waals surface area (Å²) in [4.78, 5) is 24.2. The van der Waals surface area contributed by atoms with Crippen LogP contribution < -0.4 is 0 Å². The average molecular weight is 453 g/mol.